The van der Waals surface area contributed by atoms with E-state index in [1.54, 1.807) is 28.7 Å². The molecule has 4 heterocycles. The van der Waals surface area contributed by atoms with Crippen LogP contribution < -0.4 is 5.32 Å². The van der Waals surface area contributed by atoms with Gasteiger partial charge in [0.15, 0.2) is 0 Å². The van der Waals surface area contributed by atoms with Gasteiger partial charge in [0.25, 0.3) is 5.91 Å². The van der Waals surface area contributed by atoms with E-state index >= 15 is 0 Å². The Bertz CT molecular complexity index is 1090. The van der Waals surface area contributed by atoms with Crippen LogP contribution in [-0.4, -0.2) is 35.2 Å². The molecule has 4 aromatic rings. The average molecular weight is 379 g/mol. The molecule has 0 aromatic carbocycles. The van der Waals surface area contributed by atoms with E-state index in [2.05, 4.69) is 25.4 Å². The lowest BCUT2D eigenvalue weighted by Gasteiger charge is -2.07. The number of amides is 1. The van der Waals surface area contributed by atoms with Crippen LogP contribution in [0.1, 0.15) is 21.9 Å². The van der Waals surface area contributed by atoms with Crippen molar-refractivity contribution in [2.75, 3.05) is 0 Å². The highest BCUT2D eigenvalue weighted by molar-refractivity contribution is 7.13. The molecule has 0 aliphatic carbocycles. The van der Waals surface area contributed by atoms with Gasteiger partial charge in [-0.2, -0.15) is 5.10 Å². The molecule has 4 aromatic heterocycles. The van der Waals surface area contributed by atoms with Crippen molar-refractivity contribution in [2.45, 2.75) is 13.5 Å². The molecule has 0 saturated carbocycles. The second-order valence-electron chi connectivity index (χ2n) is 5.99. The summed E-state index contributed by atoms with van der Waals surface area (Å²) in [5.41, 5.74) is 2.25. The molecule has 4 rings (SSSR count). The first-order valence-corrected chi connectivity index (χ1v) is 9.16. The van der Waals surface area contributed by atoms with Crippen LogP contribution in [0.5, 0.6) is 0 Å². The number of nitrogens with one attached hydrogen (secondary N) is 1. The highest BCUT2D eigenvalue weighted by Crippen LogP contribution is 2.22. The Morgan fingerprint density at radius 3 is 2.93 bits per heavy atom. The van der Waals surface area contributed by atoms with Crippen molar-refractivity contribution in [1.29, 1.82) is 0 Å². The molecule has 9 heteroatoms. The number of rotatable bonds is 5. The van der Waals surface area contributed by atoms with Gasteiger partial charge < -0.3 is 5.32 Å². The van der Waals surface area contributed by atoms with Gasteiger partial charge in [-0.05, 0) is 24.6 Å². The fourth-order valence-corrected chi connectivity index (χ4v) is 3.41. The summed E-state index contributed by atoms with van der Waals surface area (Å²) in [4.78, 5) is 25.4. The van der Waals surface area contributed by atoms with Crippen LogP contribution >= 0.6 is 11.3 Å². The maximum absolute atomic E-state index is 12.4. The van der Waals surface area contributed by atoms with Crippen molar-refractivity contribution in [3.63, 3.8) is 0 Å². The Kier molecular flexibility index (Phi) is 4.51. The van der Waals surface area contributed by atoms with Gasteiger partial charge in [0.1, 0.15) is 22.3 Å². The highest BCUT2D eigenvalue weighted by Gasteiger charge is 2.13. The third-order valence-electron chi connectivity index (χ3n) is 4.02. The van der Waals surface area contributed by atoms with E-state index in [1.807, 2.05) is 43.1 Å². The van der Waals surface area contributed by atoms with Crippen molar-refractivity contribution in [1.82, 2.24) is 34.6 Å². The van der Waals surface area contributed by atoms with Gasteiger partial charge in [0, 0.05) is 49.3 Å². The van der Waals surface area contributed by atoms with Gasteiger partial charge in [-0.25, -0.2) is 15.0 Å². The first-order chi connectivity index (χ1) is 13.1. The van der Waals surface area contributed by atoms with Gasteiger partial charge in [-0.1, -0.05) is 0 Å². The largest absolute Gasteiger partial charge is 0.347 e. The van der Waals surface area contributed by atoms with E-state index in [0.29, 0.717) is 12.2 Å². The van der Waals surface area contributed by atoms with Gasteiger partial charge in [0.2, 0.25) is 0 Å². The molecular weight excluding hydrogens is 362 g/mol. The first-order valence-electron chi connectivity index (χ1n) is 8.28. The molecular formula is C18H17N7OS. The summed E-state index contributed by atoms with van der Waals surface area (Å²) in [6.45, 7) is 2.31. The fraction of sp³-hybridized carbons (Fsp3) is 0.167. The van der Waals surface area contributed by atoms with E-state index in [0.717, 1.165) is 27.8 Å². The number of hydrogen-bond donors (Lipinski definition) is 1. The average Bonchev–Trinajstić information content (AvgIpc) is 3.40. The molecule has 0 aliphatic rings. The number of thiazole rings is 1. The molecule has 0 spiro atoms. The normalized spacial score (nSPS) is 10.9. The molecule has 0 radical (unpaired) electrons. The Balaban J connectivity index is 1.44. The number of imidazole rings is 1. The minimum atomic E-state index is -0.210. The van der Waals surface area contributed by atoms with E-state index in [-0.39, 0.29) is 5.91 Å². The van der Waals surface area contributed by atoms with Crippen LogP contribution in [0.4, 0.5) is 0 Å². The lowest BCUT2D eigenvalue weighted by molar-refractivity contribution is 0.0946. The summed E-state index contributed by atoms with van der Waals surface area (Å²) >= 11 is 1.42. The smallest absolute Gasteiger partial charge is 0.271 e. The molecule has 0 bridgehead atoms. The molecule has 0 fully saturated rings. The minimum Gasteiger partial charge on any atom is -0.347 e. The number of hydrogen-bond acceptors (Lipinski definition) is 6. The van der Waals surface area contributed by atoms with Gasteiger partial charge in [-0.3, -0.25) is 14.0 Å². The predicted molar refractivity (Wildman–Crippen MR) is 102 cm³/mol. The van der Waals surface area contributed by atoms with Gasteiger partial charge in [-0.15, -0.1) is 11.3 Å². The monoisotopic (exact) mass is 379 g/mol. The van der Waals surface area contributed by atoms with E-state index in [1.165, 1.54) is 11.3 Å². The molecule has 136 valence electrons. The Morgan fingerprint density at radius 2 is 2.19 bits per heavy atom. The van der Waals surface area contributed by atoms with Crippen molar-refractivity contribution in [3.05, 3.63) is 65.6 Å². The lowest BCUT2D eigenvalue weighted by Crippen LogP contribution is -2.23. The zero-order valence-electron chi connectivity index (χ0n) is 14.8. The quantitative estimate of drug-likeness (QED) is 0.575. The summed E-state index contributed by atoms with van der Waals surface area (Å²) in [6, 6.07) is 3.80. The molecule has 8 nitrogen and oxygen atoms in total. The van der Waals surface area contributed by atoms with Crippen molar-refractivity contribution in [3.8, 4) is 16.4 Å². The Labute approximate surface area is 159 Å². The zero-order valence-corrected chi connectivity index (χ0v) is 15.6. The molecule has 0 saturated heterocycles. The second kappa shape index (κ2) is 7.12. The minimum absolute atomic E-state index is 0.210. The molecule has 0 atom stereocenters. The standard InChI is InChI=1S/C18H17N7OS/c1-12-19-5-6-25(12)16-7-13(3-4-20-16)8-21-17(26)15-11-27-18(23-15)14-9-22-24(2)10-14/h3-7,9-11H,8H2,1-2H3,(H,21,26). The number of pyridine rings is 1. The number of aromatic nitrogens is 6. The zero-order chi connectivity index (χ0) is 18.8. The molecule has 1 amide bonds. The summed E-state index contributed by atoms with van der Waals surface area (Å²) < 4.78 is 3.60. The third-order valence-corrected chi connectivity index (χ3v) is 4.92. The maximum Gasteiger partial charge on any atom is 0.271 e. The number of carbonyl (C=O) groups excluding carboxylic acids is 1. The maximum atomic E-state index is 12.4. The van der Waals surface area contributed by atoms with E-state index in [9.17, 15) is 4.79 Å². The van der Waals surface area contributed by atoms with Crippen LogP contribution in [-0.2, 0) is 13.6 Å². The van der Waals surface area contributed by atoms with E-state index < -0.39 is 0 Å². The van der Waals surface area contributed by atoms with Crippen molar-refractivity contribution in [2.24, 2.45) is 7.05 Å². The van der Waals surface area contributed by atoms with E-state index in [4.69, 9.17) is 0 Å². The van der Waals surface area contributed by atoms with Crippen LogP contribution in [0.15, 0.2) is 48.5 Å². The number of carbonyl (C=O) groups is 1. The summed E-state index contributed by atoms with van der Waals surface area (Å²) in [6.07, 6.45) is 8.91. The van der Waals surface area contributed by atoms with Crippen molar-refractivity contribution >= 4 is 17.2 Å². The van der Waals surface area contributed by atoms with Crippen LogP contribution in [0.2, 0.25) is 0 Å². The summed E-state index contributed by atoms with van der Waals surface area (Å²) in [5, 5.41) is 9.56. The predicted octanol–water partition coefficient (Wildman–Crippen LogP) is 2.36. The summed E-state index contributed by atoms with van der Waals surface area (Å²) in [7, 11) is 1.85. The molecule has 1 N–H and O–H groups in total. The second-order valence-corrected chi connectivity index (χ2v) is 6.85. The molecule has 27 heavy (non-hydrogen) atoms. The van der Waals surface area contributed by atoms with Crippen LogP contribution in [0.3, 0.4) is 0 Å². The van der Waals surface area contributed by atoms with Gasteiger partial charge in [0.05, 0.1) is 6.20 Å². The topological polar surface area (TPSA) is 90.5 Å². The van der Waals surface area contributed by atoms with Crippen molar-refractivity contribution < 1.29 is 4.79 Å². The molecule has 0 unspecified atom stereocenters. The van der Waals surface area contributed by atoms with Crippen LogP contribution in [0, 0.1) is 6.92 Å². The van der Waals surface area contributed by atoms with Gasteiger partial charge >= 0.3 is 0 Å². The lowest BCUT2D eigenvalue weighted by atomic mass is 10.2. The number of aryl methyl sites for hydroxylation is 2. The Hall–Kier alpha value is -3.33. The highest BCUT2D eigenvalue weighted by atomic mass is 32.1. The molecule has 0 aliphatic heterocycles. The third kappa shape index (κ3) is 3.63. The fourth-order valence-electron chi connectivity index (χ4n) is 2.64. The first kappa shape index (κ1) is 17.1. The Morgan fingerprint density at radius 1 is 1.30 bits per heavy atom. The number of nitrogens with zero attached hydrogens (tertiary/aromatic N) is 6. The SMILES string of the molecule is Cc1nccn1-c1cc(CNC(=O)c2csc(-c3cnn(C)c3)n2)ccn1. The summed E-state index contributed by atoms with van der Waals surface area (Å²) in [5.74, 6) is 1.41. The van der Waals surface area contributed by atoms with Crippen LogP contribution in [0.25, 0.3) is 16.4 Å².